The molecule has 3 atom stereocenters. The average molecular weight is 492 g/mol. The first-order chi connectivity index (χ1) is 16.6. The molecule has 0 spiro atoms. The van der Waals surface area contributed by atoms with Crippen molar-refractivity contribution < 1.29 is 41.3 Å². The zero-order valence-corrected chi connectivity index (χ0v) is 18.4. The van der Waals surface area contributed by atoms with Crippen LogP contribution in [0.15, 0.2) is 78.9 Å². The van der Waals surface area contributed by atoms with Crippen molar-refractivity contribution in [2.24, 2.45) is 5.92 Å². The van der Waals surface area contributed by atoms with Crippen LogP contribution in [0.3, 0.4) is 0 Å². The van der Waals surface area contributed by atoms with Crippen LogP contribution < -0.4 is 9.47 Å². The second kappa shape index (κ2) is 8.87. The van der Waals surface area contributed by atoms with Gasteiger partial charge < -0.3 is 14.6 Å². The smallest absolute Gasteiger partial charge is 0.331 e. The van der Waals surface area contributed by atoms with E-state index < -0.39 is 46.4 Å². The molecule has 1 fully saturated rings. The second-order valence-electron chi connectivity index (χ2n) is 8.13. The van der Waals surface area contributed by atoms with Crippen molar-refractivity contribution in [3.05, 3.63) is 90.0 Å². The standard InChI is InChI=1S/C26H21F5O4/c1-2-34-18-13-11-17(12-14-18)24(23(32)33)22(25(28,29)26(24,30)31)21(27)16-7-6-10-20(15-16)35-19-8-4-3-5-9-19/h3-15,21-22H,2H2,1H3,(H,32,33). The molecule has 0 aliphatic heterocycles. The monoisotopic (exact) mass is 492 g/mol. The number of para-hydroxylation sites is 1. The highest BCUT2D eigenvalue weighted by molar-refractivity contribution is 5.87. The number of hydrogen-bond acceptors (Lipinski definition) is 3. The summed E-state index contributed by atoms with van der Waals surface area (Å²) < 4.78 is 86.0. The van der Waals surface area contributed by atoms with Crippen LogP contribution in [0, 0.1) is 5.92 Å². The maximum Gasteiger partial charge on any atom is 0.331 e. The van der Waals surface area contributed by atoms with Crippen molar-refractivity contribution in [1.82, 2.24) is 0 Å². The summed E-state index contributed by atoms with van der Waals surface area (Å²) >= 11 is 0. The van der Waals surface area contributed by atoms with Crippen LogP contribution in [0.1, 0.15) is 24.2 Å². The summed E-state index contributed by atoms with van der Waals surface area (Å²) in [7, 11) is 0. The third-order valence-corrected chi connectivity index (χ3v) is 6.18. The Morgan fingerprint density at radius 2 is 1.54 bits per heavy atom. The fourth-order valence-corrected chi connectivity index (χ4v) is 4.55. The van der Waals surface area contributed by atoms with Crippen LogP contribution in [0.5, 0.6) is 17.2 Å². The van der Waals surface area contributed by atoms with Gasteiger partial charge in [0.15, 0.2) is 5.41 Å². The highest BCUT2D eigenvalue weighted by Crippen LogP contribution is 2.71. The van der Waals surface area contributed by atoms with Crippen molar-refractivity contribution >= 4 is 5.97 Å². The Kier molecular flexibility index (Phi) is 6.21. The van der Waals surface area contributed by atoms with E-state index in [-0.39, 0.29) is 18.1 Å². The molecule has 0 aromatic heterocycles. The second-order valence-corrected chi connectivity index (χ2v) is 8.13. The molecule has 3 unspecified atom stereocenters. The van der Waals surface area contributed by atoms with E-state index in [9.17, 15) is 27.5 Å². The number of ether oxygens (including phenoxy) is 2. The number of carbonyl (C=O) groups is 1. The number of carboxylic acid groups (broad SMARTS) is 1. The van der Waals surface area contributed by atoms with Crippen molar-refractivity contribution in [2.45, 2.75) is 30.4 Å². The van der Waals surface area contributed by atoms with Crippen LogP contribution in [0.4, 0.5) is 22.0 Å². The molecule has 3 aromatic rings. The number of halogens is 5. The molecule has 4 rings (SSSR count). The molecule has 0 heterocycles. The highest BCUT2D eigenvalue weighted by atomic mass is 19.3. The Labute approximate surface area is 197 Å². The number of carboxylic acids is 1. The van der Waals surface area contributed by atoms with Gasteiger partial charge in [-0.25, -0.2) is 4.39 Å². The fraction of sp³-hybridized carbons (Fsp3) is 0.269. The van der Waals surface area contributed by atoms with Gasteiger partial charge in [-0.3, -0.25) is 4.79 Å². The van der Waals surface area contributed by atoms with E-state index in [1.54, 1.807) is 37.3 Å². The zero-order chi connectivity index (χ0) is 25.4. The molecule has 184 valence electrons. The molecule has 0 bridgehead atoms. The summed E-state index contributed by atoms with van der Waals surface area (Å²) in [5.74, 6) is -14.4. The molecular formula is C26H21F5O4. The molecule has 0 saturated heterocycles. The first kappa shape index (κ1) is 24.5. The molecule has 0 amide bonds. The van der Waals surface area contributed by atoms with Gasteiger partial charge in [0.25, 0.3) is 0 Å². The predicted octanol–water partition coefficient (Wildman–Crippen LogP) is 6.81. The minimum absolute atomic E-state index is 0.0766. The number of benzene rings is 3. The quantitative estimate of drug-likeness (QED) is 0.351. The number of rotatable bonds is 8. The maximum absolute atomic E-state index is 15.7. The van der Waals surface area contributed by atoms with E-state index in [2.05, 4.69) is 0 Å². The van der Waals surface area contributed by atoms with Gasteiger partial charge in [0.2, 0.25) is 0 Å². The van der Waals surface area contributed by atoms with Crippen molar-refractivity contribution in [2.75, 3.05) is 6.61 Å². The molecular weight excluding hydrogens is 471 g/mol. The molecule has 1 N–H and O–H groups in total. The minimum atomic E-state index is -5.05. The van der Waals surface area contributed by atoms with E-state index in [4.69, 9.17) is 9.47 Å². The molecule has 9 heteroatoms. The summed E-state index contributed by atoms with van der Waals surface area (Å²) in [5, 5.41) is 9.86. The largest absolute Gasteiger partial charge is 0.494 e. The SMILES string of the molecule is CCOc1ccc(C2(C(=O)O)C(C(F)c3cccc(Oc4ccccc4)c3)C(F)(F)C2(F)F)cc1. The third-order valence-electron chi connectivity index (χ3n) is 6.18. The van der Waals surface area contributed by atoms with E-state index in [0.717, 1.165) is 24.3 Å². The lowest BCUT2D eigenvalue weighted by Crippen LogP contribution is -2.80. The first-order valence-electron chi connectivity index (χ1n) is 10.8. The third kappa shape index (κ3) is 3.69. The van der Waals surface area contributed by atoms with E-state index in [1.807, 2.05) is 0 Å². The van der Waals surface area contributed by atoms with Crippen LogP contribution in [0.2, 0.25) is 0 Å². The Morgan fingerprint density at radius 1 is 0.914 bits per heavy atom. The highest BCUT2D eigenvalue weighted by Gasteiger charge is 2.91. The van der Waals surface area contributed by atoms with Crippen molar-refractivity contribution in [3.8, 4) is 17.2 Å². The van der Waals surface area contributed by atoms with Crippen LogP contribution in [0.25, 0.3) is 0 Å². The number of alkyl halides is 5. The summed E-state index contributed by atoms with van der Waals surface area (Å²) in [5.41, 5.74) is -4.55. The summed E-state index contributed by atoms with van der Waals surface area (Å²) in [6.07, 6.45) is -2.74. The summed E-state index contributed by atoms with van der Waals surface area (Å²) in [4.78, 5) is 12.2. The van der Waals surface area contributed by atoms with E-state index >= 15 is 4.39 Å². The zero-order valence-electron chi connectivity index (χ0n) is 18.4. The number of aliphatic carboxylic acids is 1. The van der Waals surface area contributed by atoms with Gasteiger partial charge in [-0.1, -0.05) is 42.5 Å². The van der Waals surface area contributed by atoms with Gasteiger partial charge in [0.1, 0.15) is 23.4 Å². The predicted molar refractivity (Wildman–Crippen MR) is 117 cm³/mol. The van der Waals surface area contributed by atoms with Crippen molar-refractivity contribution in [1.29, 1.82) is 0 Å². The van der Waals surface area contributed by atoms with Gasteiger partial charge in [-0.2, -0.15) is 17.6 Å². The Balaban J connectivity index is 1.76. The molecule has 1 aliphatic carbocycles. The van der Waals surface area contributed by atoms with Crippen LogP contribution >= 0.6 is 0 Å². The average Bonchev–Trinajstić information content (AvgIpc) is 2.83. The maximum atomic E-state index is 15.7. The van der Waals surface area contributed by atoms with Gasteiger partial charge >= 0.3 is 17.8 Å². The summed E-state index contributed by atoms with van der Waals surface area (Å²) in [6, 6.07) is 17.6. The normalized spacial score (nSPS) is 23.1. The fourth-order valence-electron chi connectivity index (χ4n) is 4.55. The Morgan fingerprint density at radius 3 is 2.14 bits per heavy atom. The molecule has 35 heavy (non-hydrogen) atoms. The van der Waals surface area contributed by atoms with Crippen molar-refractivity contribution in [3.63, 3.8) is 0 Å². The Hall–Kier alpha value is -3.62. The van der Waals surface area contributed by atoms with Crippen LogP contribution in [-0.4, -0.2) is 29.5 Å². The van der Waals surface area contributed by atoms with Gasteiger partial charge in [0, 0.05) is 0 Å². The lowest BCUT2D eigenvalue weighted by Gasteiger charge is -2.58. The molecule has 3 aromatic carbocycles. The van der Waals surface area contributed by atoms with Gasteiger partial charge in [0.05, 0.1) is 12.5 Å². The molecule has 0 radical (unpaired) electrons. The molecule has 1 saturated carbocycles. The lowest BCUT2D eigenvalue weighted by atomic mass is 9.49. The minimum Gasteiger partial charge on any atom is -0.494 e. The van der Waals surface area contributed by atoms with E-state index in [0.29, 0.717) is 5.75 Å². The molecule has 1 aliphatic rings. The summed E-state index contributed by atoms with van der Waals surface area (Å²) in [6.45, 7) is 1.92. The number of hydrogen-bond donors (Lipinski definition) is 1. The van der Waals surface area contributed by atoms with E-state index in [1.165, 1.54) is 24.3 Å². The molecule has 4 nitrogen and oxygen atoms in total. The Bertz CT molecular complexity index is 1200. The van der Waals surface area contributed by atoms with Crippen LogP contribution in [-0.2, 0) is 10.2 Å². The lowest BCUT2D eigenvalue weighted by molar-refractivity contribution is -0.371. The van der Waals surface area contributed by atoms with Gasteiger partial charge in [-0.05, 0) is 54.4 Å². The topological polar surface area (TPSA) is 55.8 Å². The van der Waals surface area contributed by atoms with Gasteiger partial charge in [-0.15, -0.1) is 0 Å². The first-order valence-corrected chi connectivity index (χ1v) is 10.8.